The Labute approximate surface area is 120 Å². The van der Waals surface area contributed by atoms with Crippen LogP contribution in [0.5, 0.6) is 0 Å². The van der Waals surface area contributed by atoms with Crippen LogP contribution >= 0.6 is 0 Å². The average Bonchev–Trinajstić information content (AvgIpc) is 2.37. The van der Waals surface area contributed by atoms with Crippen LogP contribution in [0.1, 0.15) is 36.2 Å². The molecule has 1 atom stereocenters. The summed E-state index contributed by atoms with van der Waals surface area (Å²) in [6.07, 6.45) is -4.57. The second-order valence-electron chi connectivity index (χ2n) is 5.03. The van der Waals surface area contributed by atoms with E-state index in [4.69, 9.17) is 5.11 Å². The Balaban J connectivity index is 2.98. The summed E-state index contributed by atoms with van der Waals surface area (Å²) in [5, 5.41) is 11.4. The molecule has 0 bridgehead atoms. The largest absolute Gasteiger partial charge is 0.419 e. The lowest BCUT2D eigenvalue weighted by atomic mass is 10.0. The number of hydrogen-bond donors (Lipinski definition) is 2. The molecule has 0 aliphatic rings. The molecule has 1 amide bonds. The number of halogens is 4. The van der Waals surface area contributed by atoms with Crippen molar-refractivity contribution in [1.29, 1.82) is 0 Å². The van der Waals surface area contributed by atoms with Crippen LogP contribution in [-0.4, -0.2) is 23.7 Å². The smallest absolute Gasteiger partial charge is 0.396 e. The van der Waals surface area contributed by atoms with Crippen LogP contribution in [-0.2, 0) is 6.18 Å². The van der Waals surface area contributed by atoms with E-state index in [-0.39, 0.29) is 30.6 Å². The third kappa shape index (κ3) is 4.70. The molecule has 21 heavy (non-hydrogen) atoms. The summed E-state index contributed by atoms with van der Waals surface area (Å²) in [7, 11) is 0. The Hall–Kier alpha value is -1.63. The van der Waals surface area contributed by atoms with Crippen molar-refractivity contribution in [3.8, 4) is 0 Å². The van der Waals surface area contributed by atoms with Gasteiger partial charge in [0.05, 0.1) is 5.56 Å². The molecule has 0 spiro atoms. The number of carbonyl (C=O) groups is 1. The van der Waals surface area contributed by atoms with Crippen molar-refractivity contribution in [3.63, 3.8) is 0 Å². The van der Waals surface area contributed by atoms with E-state index in [2.05, 4.69) is 5.32 Å². The second kappa shape index (κ2) is 6.89. The van der Waals surface area contributed by atoms with E-state index >= 15 is 0 Å². The number of aliphatic hydroxyl groups is 1. The summed E-state index contributed by atoms with van der Waals surface area (Å²) < 4.78 is 51.0. The summed E-state index contributed by atoms with van der Waals surface area (Å²) in [5.74, 6) is -2.15. The van der Waals surface area contributed by atoms with Gasteiger partial charge in [0.15, 0.2) is 0 Å². The molecule has 7 heteroatoms. The first-order valence-electron chi connectivity index (χ1n) is 6.45. The quantitative estimate of drug-likeness (QED) is 0.822. The number of hydrogen-bond acceptors (Lipinski definition) is 2. The van der Waals surface area contributed by atoms with Gasteiger partial charge in [0.25, 0.3) is 5.91 Å². The molecule has 1 aromatic rings. The van der Waals surface area contributed by atoms with Crippen LogP contribution in [0, 0.1) is 11.7 Å². The van der Waals surface area contributed by atoms with Gasteiger partial charge >= 0.3 is 6.18 Å². The number of rotatable bonds is 5. The van der Waals surface area contributed by atoms with Crippen molar-refractivity contribution in [1.82, 2.24) is 5.32 Å². The lowest BCUT2D eigenvalue weighted by Crippen LogP contribution is -2.39. The minimum atomic E-state index is -4.86. The molecule has 1 unspecified atom stereocenters. The fraction of sp³-hybridized carbons (Fsp3) is 0.500. The maximum Gasteiger partial charge on any atom is 0.419 e. The van der Waals surface area contributed by atoms with E-state index < -0.39 is 23.5 Å². The highest BCUT2D eigenvalue weighted by Gasteiger charge is 2.34. The van der Waals surface area contributed by atoms with Gasteiger partial charge in [-0.05, 0) is 30.5 Å². The molecule has 0 heterocycles. The summed E-state index contributed by atoms with van der Waals surface area (Å²) in [5.41, 5.74) is -1.74. The average molecular weight is 307 g/mol. The molecule has 0 fully saturated rings. The number of alkyl halides is 3. The first-order chi connectivity index (χ1) is 9.66. The number of amides is 1. The molecule has 2 N–H and O–H groups in total. The zero-order chi connectivity index (χ0) is 16.2. The number of nitrogens with one attached hydrogen (secondary N) is 1. The van der Waals surface area contributed by atoms with Crippen LogP contribution in [0.15, 0.2) is 18.2 Å². The van der Waals surface area contributed by atoms with Crippen LogP contribution in [0.25, 0.3) is 0 Å². The molecule has 0 saturated heterocycles. The minimum Gasteiger partial charge on any atom is -0.396 e. The van der Waals surface area contributed by atoms with Crippen molar-refractivity contribution in [3.05, 3.63) is 35.1 Å². The standard InChI is InChI=1S/C14H17F4NO2/c1-8(2)12(5-6-20)19-13(21)9-3-4-11(15)10(7-9)14(16,17)18/h3-4,7-8,12,20H,5-6H2,1-2H3,(H,19,21). The zero-order valence-electron chi connectivity index (χ0n) is 11.7. The molecule has 118 valence electrons. The molecule has 0 aliphatic heterocycles. The predicted molar refractivity (Wildman–Crippen MR) is 69.2 cm³/mol. The molecule has 1 rings (SSSR count). The van der Waals surface area contributed by atoms with Gasteiger partial charge in [0.1, 0.15) is 5.82 Å². The van der Waals surface area contributed by atoms with Gasteiger partial charge in [0, 0.05) is 18.2 Å². The highest BCUT2D eigenvalue weighted by Crippen LogP contribution is 2.31. The van der Waals surface area contributed by atoms with E-state index in [9.17, 15) is 22.4 Å². The monoisotopic (exact) mass is 307 g/mol. The highest BCUT2D eigenvalue weighted by atomic mass is 19.4. The highest BCUT2D eigenvalue weighted by molar-refractivity contribution is 5.94. The Kier molecular flexibility index (Phi) is 5.71. The van der Waals surface area contributed by atoms with Crippen LogP contribution in [0.4, 0.5) is 17.6 Å². The lowest BCUT2D eigenvalue weighted by Gasteiger charge is -2.21. The Morgan fingerprint density at radius 2 is 1.95 bits per heavy atom. The molecule has 0 aliphatic carbocycles. The molecule has 0 radical (unpaired) electrons. The number of aliphatic hydroxyl groups excluding tert-OH is 1. The molecule has 0 aromatic heterocycles. The number of carbonyl (C=O) groups excluding carboxylic acids is 1. The number of benzene rings is 1. The first kappa shape index (κ1) is 17.4. The van der Waals surface area contributed by atoms with E-state index in [1.54, 1.807) is 0 Å². The topological polar surface area (TPSA) is 49.3 Å². The molecular formula is C14H17F4NO2. The van der Waals surface area contributed by atoms with Gasteiger partial charge in [-0.1, -0.05) is 13.8 Å². The van der Waals surface area contributed by atoms with Crippen molar-refractivity contribution in [2.75, 3.05) is 6.61 Å². The van der Waals surface area contributed by atoms with Gasteiger partial charge in [-0.3, -0.25) is 4.79 Å². The molecule has 1 aromatic carbocycles. The maximum atomic E-state index is 13.2. The van der Waals surface area contributed by atoms with Gasteiger partial charge < -0.3 is 10.4 Å². The van der Waals surface area contributed by atoms with E-state index in [0.29, 0.717) is 12.1 Å². The van der Waals surface area contributed by atoms with Gasteiger partial charge in [-0.2, -0.15) is 13.2 Å². The minimum absolute atomic E-state index is 0.00337. The second-order valence-corrected chi connectivity index (χ2v) is 5.03. The van der Waals surface area contributed by atoms with Crippen LogP contribution < -0.4 is 5.32 Å². The van der Waals surface area contributed by atoms with Gasteiger partial charge in [-0.25, -0.2) is 4.39 Å². The molecule has 3 nitrogen and oxygen atoms in total. The van der Waals surface area contributed by atoms with E-state index in [1.165, 1.54) is 0 Å². The Bertz CT molecular complexity index is 500. The van der Waals surface area contributed by atoms with Crippen molar-refractivity contribution < 1.29 is 27.5 Å². The first-order valence-corrected chi connectivity index (χ1v) is 6.45. The maximum absolute atomic E-state index is 13.2. The van der Waals surface area contributed by atoms with Crippen molar-refractivity contribution >= 4 is 5.91 Å². The lowest BCUT2D eigenvalue weighted by molar-refractivity contribution is -0.140. The molecule has 0 saturated carbocycles. The zero-order valence-corrected chi connectivity index (χ0v) is 11.7. The fourth-order valence-electron chi connectivity index (χ4n) is 1.85. The summed E-state index contributed by atoms with van der Waals surface area (Å²) in [6, 6.07) is 1.73. The fourth-order valence-corrected chi connectivity index (χ4v) is 1.85. The normalized spacial score (nSPS) is 13.3. The van der Waals surface area contributed by atoms with Gasteiger partial charge in [0.2, 0.25) is 0 Å². The van der Waals surface area contributed by atoms with Crippen molar-refractivity contribution in [2.45, 2.75) is 32.5 Å². The van der Waals surface area contributed by atoms with Crippen LogP contribution in [0.3, 0.4) is 0 Å². The Morgan fingerprint density at radius 3 is 2.43 bits per heavy atom. The summed E-state index contributed by atoms with van der Waals surface area (Å²) in [4.78, 5) is 11.9. The third-order valence-corrected chi connectivity index (χ3v) is 3.10. The molecular weight excluding hydrogens is 290 g/mol. The summed E-state index contributed by atoms with van der Waals surface area (Å²) >= 11 is 0. The van der Waals surface area contributed by atoms with Gasteiger partial charge in [-0.15, -0.1) is 0 Å². The Morgan fingerprint density at radius 1 is 1.33 bits per heavy atom. The predicted octanol–water partition coefficient (Wildman–Crippen LogP) is 2.98. The van der Waals surface area contributed by atoms with E-state index in [1.807, 2.05) is 13.8 Å². The summed E-state index contributed by atoms with van der Waals surface area (Å²) in [6.45, 7) is 3.47. The van der Waals surface area contributed by atoms with E-state index in [0.717, 1.165) is 6.07 Å². The third-order valence-electron chi connectivity index (χ3n) is 3.10. The van der Waals surface area contributed by atoms with Crippen LogP contribution in [0.2, 0.25) is 0 Å². The SMILES string of the molecule is CC(C)C(CCO)NC(=O)c1ccc(F)c(C(F)(F)F)c1. The van der Waals surface area contributed by atoms with Crippen molar-refractivity contribution in [2.24, 2.45) is 5.92 Å².